The molecule has 3 heterocycles. The van der Waals surface area contributed by atoms with Crippen molar-refractivity contribution in [2.24, 2.45) is 0 Å². The number of ether oxygens (including phenoxy) is 1. The van der Waals surface area contributed by atoms with Crippen LogP contribution in [0.3, 0.4) is 0 Å². The third-order valence-electron chi connectivity index (χ3n) is 4.01. The molecule has 130 valence electrons. The number of amides is 1. The molecule has 0 saturated heterocycles. The lowest BCUT2D eigenvalue weighted by atomic mass is 10.3. The van der Waals surface area contributed by atoms with Gasteiger partial charge in [-0.2, -0.15) is 0 Å². The topological polar surface area (TPSA) is 98.9 Å². The molecule has 0 radical (unpaired) electrons. The van der Waals surface area contributed by atoms with Crippen molar-refractivity contribution in [3.8, 4) is 0 Å². The van der Waals surface area contributed by atoms with E-state index in [0.717, 1.165) is 37.7 Å². The fraction of sp³-hybridized carbons (Fsp3) is 0.600. The summed E-state index contributed by atoms with van der Waals surface area (Å²) in [5, 5.41) is 14.2. The number of hydrogen-bond acceptors (Lipinski definition) is 6. The summed E-state index contributed by atoms with van der Waals surface area (Å²) in [7, 11) is 1.66. The molecule has 0 spiro atoms. The Kier molecular flexibility index (Phi) is 5.55. The van der Waals surface area contributed by atoms with Gasteiger partial charge in [0.2, 0.25) is 0 Å². The highest BCUT2D eigenvalue weighted by molar-refractivity contribution is 5.92. The third-order valence-corrected chi connectivity index (χ3v) is 4.01. The zero-order valence-electron chi connectivity index (χ0n) is 13.9. The van der Waals surface area contributed by atoms with Gasteiger partial charge in [0.05, 0.1) is 6.61 Å². The van der Waals surface area contributed by atoms with Gasteiger partial charge in [0.25, 0.3) is 5.91 Å². The Hall–Kier alpha value is -2.26. The molecule has 24 heavy (non-hydrogen) atoms. The lowest BCUT2D eigenvalue weighted by molar-refractivity contribution is 0.0949. The van der Waals surface area contributed by atoms with Gasteiger partial charge in [0, 0.05) is 58.9 Å². The largest absolute Gasteiger partial charge is 0.383 e. The minimum atomic E-state index is -0.147. The first kappa shape index (κ1) is 16.6. The smallest absolute Gasteiger partial charge is 0.271 e. The fourth-order valence-corrected chi connectivity index (χ4v) is 2.71. The number of hydrogen-bond donors (Lipinski definition) is 2. The van der Waals surface area contributed by atoms with Gasteiger partial charge >= 0.3 is 0 Å². The van der Waals surface area contributed by atoms with Crippen LogP contribution in [-0.4, -0.2) is 63.6 Å². The number of nitrogens with one attached hydrogen (secondary N) is 2. The van der Waals surface area contributed by atoms with Gasteiger partial charge in [0.1, 0.15) is 23.7 Å². The molecule has 9 heteroatoms. The second kappa shape index (κ2) is 8.02. The van der Waals surface area contributed by atoms with Crippen LogP contribution in [-0.2, 0) is 30.7 Å². The second-order valence-corrected chi connectivity index (χ2v) is 5.68. The average Bonchev–Trinajstić information content (AvgIpc) is 3.14. The summed E-state index contributed by atoms with van der Waals surface area (Å²) in [4.78, 5) is 16.7. The summed E-state index contributed by atoms with van der Waals surface area (Å²) in [6, 6.07) is 0. The molecule has 2 N–H and O–H groups in total. The van der Waals surface area contributed by atoms with Crippen LogP contribution < -0.4 is 10.6 Å². The Balaban J connectivity index is 1.52. The third kappa shape index (κ3) is 3.98. The van der Waals surface area contributed by atoms with Crippen LogP contribution in [0.5, 0.6) is 0 Å². The number of imidazole rings is 1. The first-order chi connectivity index (χ1) is 11.8. The van der Waals surface area contributed by atoms with E-state index in [1.165, 1.54) is 0 Å². The van der Waals surface area contributed by atoms with Crippen molar-refractivity contribution in [3.05, 3.63) is 29.9 Å². The van der Waals surface area contributed by atoms with E-state index in [2.05, 4.69) is 30.4 Å². The van der Waals surface area contributed by atoms with Gasteiger partial charge in [-0.25, -0.2) is 4.98 Å². The summed E-state index contributed by atoms with van der Waals surface area (Å²) < 4.78 is 9.04. The molecule has 0 saturated carbocycles. The number of carbonyl (C=O) groups is 1. The minimum absolute atomic E-state index is 0.147. The molecular weight excluding hydrogens is 310 g/mol. The summed E-state index contributed by atoms with van der Waals surface area (Å²) in [5.74, 6) is 1.65. The maximum Gasteiger partial charge on any atom is 0.271 e. The van der Waals surface area contributed by atoms with E-state index < -0.39 is 0 Å². The summed E-state index contributed by atoms with van der Waals surface area (Å²) >= 11 is 0. The zero-order chi connectivity index (χ0) is 16.8. The molecule has 1 aliphatic heterocycles. The van der Waals surface area contributed by atoms with Crippen molar-refractivity contribution < 1.29 is 9.53 Å². The molecule has 0 aromatic carbocycles. The van der Waals surface area contributed by atoms with Crippen LogP contribution in [0, 0.1) is 0 Å². The van der Waals surface area contributed by atoms with Crippen LogP contribution in [0.25, 0.3) is 0 Å². The Morgan fingerprint density at radius 3 is 3.25 bits per heavy atom. The molecule has 1 amide bonds. The van der Waals surface area contributed by atoms with Gasteiger partial charge in [0.15, 0.2) is 0 Å². The first-order valence-electron chi connectivity index (χ1n) is 8.18. The van der Waals surface area contributed by atoms with Crippen molar-refractivity contribution in [1.29, 1.82) is 0 Å². The Bertz CT molecular complexity index is 656. The molecule has 0 atom stereocenters. The molecule has 0 unspecified atom stereocenters. The molecule has 3 rings (SSSR count). The van der Waals surface area contributed by atoms with Gasteiger partial charge in [-0.3, -0.25) is 4.79 Å². The number of fused-ring (bicyclic) bond motifs is 1. The fourth-order valence-electron chi connectivity index (χ4n) is 2.71. The predicted molar refractivity (Wildman–Crippen MR) is 86.7 cm³/mol. The number of methoxy groups -OCH3 is 1. The van der Waals surface area contributed by atoms with Crippen molar-refractivity contribution >= 4 is 5.91 Å². The molecule has 2 aromatic heterocycles. The maximum atomic E-state index is 12.3. The van der Waals surface area contributed by atoms with Crippen molar-refractivity contribution in [2.45, 2.75) is 25.9 Å². The number of rotatable bonds is 7. The second-order valence-electron chi connectivity index (χ2n) is 5.68. The molecule has 9 nitrogen and oxygen atoms in total. The van der Waals surface area contributed by atoms with E-state index in [9.17, 15) is 4.79 Å². The Morgan fingerprint density at radius 1 is 1.46 bits per heavy atom. The van der Waals surface area contributed by atoms with Gasteiger partial charge < -0.3 is 24.5 Å². The lowest BCUT2D eigenvalue weighted by Gasteiger charge is -2.06. The number of nitrogens with zero attached hydrogens (tertiary/aromatic N) is 5. The van der Waals surface area contributed by atoms with Crippen molar-refractivity contribution in [2.75, 3.05) is 33.4 Å². The molecule has 2 aromatic rings. The minimum Gasteiger partial charge on any atom is -0.383 e. The van der Waals surface area contributed by atoms with Crippen LogP contribution >= 0.6 is 0 Å². The van der Waals surface area contributed by atoms with Crippen LogP contribution in [0.4, 0.5) is 0 Å². The first-order valence-corrected chi connectivity index (χ1v) is 8.18. The van der Waals surface area contributed by atoms with Gasteiger partial charge in [-0.1, -0.05) is 0 Å². The molecule has 0 bridgehead atoms. The summed E-state index contributed by atoms with van der Waals surface area (Å²) in [6.07, 6.45) is 4.97. The van der Waals surface area contributed by atoms with Crippen LogP contribution in [0.15, 0.2) is 12.5 Å². The highest BCUT2D eigenvalue weighted by Gasteiger charge is 2.15. The van der Waals surface area contributed by atoms with Crippen molar-refractivity contribution in [1.82, 2.24) is 34.9 Å². The van der Waals surface area contributed by atoms with Crippen molar-refractivity contribution in [3.63, 3.8) is 0 Å². The highest BCUT2D eigenvalue weighted by Crippen LogP contribution is 2.06. The Morgan fingerprint density at radius 2 is 2.38 bits per heavy atom. The highest BCUT2D eigenvalue weighted by atomic mass is 16.5. The summed E-state index contributed by atoms with van der Waals surface area (Å²) in [5.41, 5.74) is 0.479. The average molecular weight is 333 g/mol. The molecular formula is C15H23N7O2. The van der Waals surface area contributed by atoms with Crippen LogP contribution in [0.1, 0.15) is 22.1 Å². The zero-order valence-corrected chi connectivity index (χ0v) is 13.9. The van der Waals surface area contributed by atoms with E-state index in [0.29, 0.717) is 31.8 Å². The van der Waals surface area contributed by atoms with E-state index >= 15 is 0 Å². The predicted octanol–water partition coefficient (Wildman–Crippen LogP) is -0.761. The standard InChI is InChI=1S/C15H23N7O2/c1-24-9-8-22-11-18-20-14(22)3-5-17-15(23)12-10-21-7-6-16-4-2-13(21)19-12/h10-11,16H,2-9H2,1H3,(H,17,23). The summed E-state index contributed by atoms with van der Waals surface area (Å²) in [6.45, 7) is 4.45. The molecule has 0 aliphatic carbocycles. The number of aromatic nitrogens is 5. The lowest BCUT2D eigenvalue weighted by Crippen LogP contribution is -2.27. The normalized spacial score (nSPS) is 14.2. The quantitative estimate of drug-likeness (QED) is 0.691. The Labute approximate surface area is 140 Å². The monoisotopic (exact) mass is 333 g/mol. The molecule has 0 fully saturated rings. The maximum absolute atomic E-state index is 12.3. The van der Waals surface area contributed by atoms with E-state index in [-0.39, 0.29) is 5.91 Å². The van der Waals surface area contributed by atoms with E-state index in [1.54, 1.807) is 13.4 Å². The van der Waals surface area contributed by atoms with E-state index in [4.69, 9.17) is 4.74 Å². The molecule has 1 aliphatic rings. The van der Waals surface area contributed by atoms with E-state index in [1.807, 2.05) is 10.8 Å². The number of carbonyl (C=O) groups excluding carboxylic acids is 1. The SMILES string of the molecule is COCCn1cnnc1CCNC(=O)c1cn2c(n1)CCNCC2. The van der Waals surface area contributed by atoms with Crippen LogP contribution in [0.2, 0.25) is 0 Å². The van der Waals surface area contributed by atoms with Gasteiger partial charge in [-0.15, -0.1) is 10.2 Å². The van der Waals surface area contributed by atoms with Gasteiger partial charge in [-0.05, 0) is 0 Å².